The first-order valence-corrected chi connectivity index (χ1v) is 6.24. The number of hydrogen-bond acceptors (Lipinski definition) is 4. The van der Waals surface area contributed by atoms with Crippen molar-refractivity contribution in [3.05, 3.63) is 24.0 Å². The summed E-state index contributed by atoms with van der Waals surface area (Å²) in [6, 6.07) is 2.96. The van der Waals surface area contributed by atoms with Gasteiger partial charge >= 0.3 is 6.09 Å². The zero-order chi connectivity index (χ0) is 12.3. The highest BCUT2D eigenvalue weighted by atomic mass is 35.7. The van der Waals surface area contributed by atoms with E-state index in [0.717, 1.165) is 19.2 Å². The Kier molecular flexibility index (Phi) is 3.71. The van der Waals surface area contributed by atoms with E-state index in [9.17, 15) is 17.6 Å². The molecule has 5 nitrogen and oxygen atoms in total. The van der Waals surface area contributed by atoms with Crippen LogP contribution in [0, 0.1) is 5.82 Å². The summed E-state index contributed by atoms with van der Waals surface area (Å²) in [4.78, 5) is 10.1. The van der Waals surface area contributed by atoms with Crippen LogP contribution in [-0.2, 0) is 13.8 Å². The molecule has 0 radical (unpaired) electrons. The summed E-state index contributed by atoms with van der Waals surface area (Å²) >= 11 is 0. The van der Waals surface area contributed by atoms with Crippen LogP contribution >= 0.6 is 10.7 Å². The smallest absolute Gasteiger partial charge is 0.411 e. The van der Waals surface area contributed by atoms with E-state index in [-0.39, 0.29) is 5.69 Å². The van der Waals surface area contributed by atoms with Crippen LogP contribution in [0.3, 0.4) is 0 Å². The largest absolute Gasteiger partial charge is 0.453 e. The van der Waals surface area contributed by atoms with E-state index in [2.05, 4.69) is 10.1 Å². The van der Waals surface area contributed by atoms with Crippen molar-refractivity contribution in [3.8, 4) is 0 Å². The Morgan fingerprint density at radius 2 is 2.12 bits per heavy atom. The van der Waals surface area contributed by atoms with Gasteiger partial charge in [0.25, 0.3) is 9.05 Å². The fraction of sp³-hybridized carbons (Fsp3) is 0.125. The van der Waals surface area contributed by atoms with Gasteiger partial charge in [0.05, 0.1) is 7.11 Å². The van der Waals surface area contributed by atoms with E-state index < -0.39 is 25.9 Å². The lowest BCUT2D eigenvalue weighted by atomic mass is 10.3. The number of nitrogens with one attached hydrogen (secondary N) is 1. The van der Waals surface area contributed by atoms with Crippen LogP contribution in [0.15, 0.2) is 23.1 Å². The number of halogens is 2. The summed E-state index contributed by atoms with van der Waals surface area (Å²) < 4.78 is 39.2. The highest BCUT2D eigenvalue weighted by Gasteiger charge is 2.16. The monoisotopic (exact) mass is 267 g/mol. The lowest BCUT2D eigenvalue weighted by molar-refractivity contribution is 0.187. The topological polar surface area (TPSA) is 72.5 Å². The molecule has 0 spiro atoms. The fourth-order valence-electron chi connectivity index (χ4n) is 0.945. The molecular formula is C8H7ClFNO4S. The molecule has 0 saturated carbocycles. The van der Waals surface area contributed by atoms with Gasteiger partial charge in [0.15, 0.2) is 0 Å². The highest BCUT2D eigenvalue weighted by molar-refractivity contribution is 8.13. The van der Waals surface area contributed by atoms with Gasteiger partial charge in [0, 0.05) is 16.4 Å². The Morgan fingerprint density at radius 3 is 2.56 bits per heavy atom. The van der Waals surface area contributed by atoms with Crippen LogP contribution in [0.1, 0.15) is 0 Å². The van der Waals surface area contributed by atoms with Crippen molar-refractivity contribution in [3.63, 3.8) is 0 Å². The molecule has 0 atom stereocenters. The molecule has 8 heteroatoms. The molecule has 0 unspecified atom stereocenters. The maximum Gasteiger partial charge on any atom is 0.411 e. The van der Waals surface area contributed by atoms with E-state index in [1.807, 2.05) is 0 Å². The van der Waals surface area contributed by atoms with Gasteiger partial charge in [-0.2, -0.15) is 0 Å². The third-order valence-corrected chi connectivity index (χ3v) is 2.98. The second-order valence-corrected chi connectivity index (χ2v) is 5.23. The number of amides is 1. The number of anilines is 1. The van der Waals surface area contributed by atoms with Crippen molar-refractivity contribution in [1.29, 1.82) is 0 Å². The Bertz CT molecular complexity index is 517. The van der Waals surface area contributed by atoms with Crippen LogP contribution in [0.5, 0.6) is 0 Å². The second-order valence-electron chi connectivity index (χ2n) is 2.70. The van der Waals surface area contributed by atoms with E-state index in [1.54, 1.807) is 0 Å². The van der Waals surface area contributed by atoms with E-state index >= 15 is 0 Å². The molecule has 1 rings (SSSR count). The lowest BCUT2D eigenvalue weighted by Crippen LogP contribution is -2.11. The van der Waals surface area contributed by atoms with Crippen LogP contribution in [0.4, 0.5) is 14.9 Å². The van der Waals surface area contributed by atoms with Gasteiger partial charge in [-0.05, 0) is 18.2 Å². The molecule has 0 aliphatic rings. The Morgan fingerprint density at radius 1 is 1.50 bits per heavy atom. The Labute approximate surface area is 95.6 Å². The predicted octanol–water partition coefficient (Wildman–Crippen LogP) is 1.93. The normalized spacial score (nSPS) is 10.9. The molecule has 0 aromatic heterocycles. The molecule has 0 saturated heterocycles. The molecule has 88 valence electrons. The van der Waals surface area contributed by atoms with Crippen molar-refractivity contribution in [1.82, 2.24) is 0 Å². The SMILES string of the molecule is COC(=O)Nc1ccc(S(=O)(=O)Cl)c(F)c1. The molecule has 0 fully saturated rings. The fourth-order valence-corrected chi connectivity index (χ4v) is 1.84. The standard InChI is InChI=1S/C8H7ClFNO4S/c1-15-8(12)11-5-2-3-7(6(10)4-5)16(9,13)14/h2-4H,1H3,(H,11,12). The van der Waals surface area contributed by atoms with Gasteiger partial charge in [-0.15, -0.1) is 0 Å². The summed E-state index contributed by atoms with van der Waals surface area (Å²) in [5.41, 5.74) is 0.0633. The molecule has 1 amide bonds. The van der Waals surface area contributed by atoms with Gasteiger partial charge in [-0.25, -0.2) is 17.6 Å². The predicted molar refractivity (Wildman–Crippen MR) is 55.5 cm³/mol. The average molecular weight is 268 g/mol. The average Bonchev–Trinajstić information content (AvgIpc) is 2.15. The summed E-state index contributed by atoms with van der Waals surface area (Å²) in [6.45, 7) is 0. The number of methoxy groups -OCH3 is 1. The van der Waals surface area contributed by atoms with Crippen LogP contribution in [0.25, 0.3) is 0 Å². The quantitative estimate of drug-likeness (QED) is 0.831. The zero-order valence-electron chi connectivity index (χ0n) is 8.03. The van der Waals surface area contributed by atoms with Crippen molar-refractivity contribution < 1.29 is 22.3 Å². The van der Waals surface area contributed by atoms with Crippen LogP contribution < -0.4 is 5.32 Å². The van der Waals surface area contributed by atoms with Gasteiger partial charge in [0.2, 0.25) is 0 Å². The number of hydrogen-bond donors (Lipinski definition) is 1. The molecule has 0 bridgehead atoms. The summed E-state index contributed by atoms with van der Waals surface area (Å²) in [6.07, 6.45) is -0.791. The molecule has 16 heavy (non-hydrogen) atoms. The number of rotatable bonds is 2. The van der Waals surface area contributed by atoms with Gasteiger partial charge in [-0.1, -0.05) is 0 Å². The van der Waals surface area contributed by atoms with Crippen LogP contribution in [-0.4, -0.2) is 21.6 Å². The molecule has 0 aliphatic heterocycles. The van der Waals surface area contributed by atoms with E-state index in [0.29, 0.717) is 0 Å². The lowest BCUT2D eigenvalue weighted by Gasteiger charge is -2.05. The first-order valence-electron chi connectivity index (χ1n) is 3.94. The van der Waals surface area contributed by atoms with E-state index in [4.69, 9.17) is 10.7 Å². The maximum atomic E-state index is 13.2. The molecule has 0 heterocycles. The maximum absolute atomic E-state index is 13.2. The first kappa shape index (κ1) is 12.7. The van der Waals surface area contributed by atoms with Crippen molar-refractivity contribution >= 4 is 31.5 Å². The zero-order valence-corrected chi connectivity index (χ0v) is 9.60. The number of carbonyl (C=O) groups is 1. The summed E-state index contributed by atoms with van der Waals surface area (Å²) in [7, 11) is 1.98. The van der Waals surface area contributed by atoms with Gasteiger partial charge in [0.1, 0.15) is 10.7 Å². The minimum absolute atomic E-state index is 0.0633. The molecular weight excluding hydrogens is 261 g/mol. The van der Waals surface area contributed by atoms with Gasteiger partial charge < -0.3 is 4.74 Å². The number of ether oxygens (including phenoxy) is 1. The summed E-state index contributed by atoms with van der Waals surface area (Å²) in [5, 5.41) is 2.17. The van der Waals surface area contributed by atoms with E-state index in [1.165, 1.54) is 6.07 Å². The van der Waals surface area contributed by atoms with Gasteiger partial charge in [-0.3, -0.25) is 5.32 Å². The van der Waals surface area contributed by atoms with Crippen molar-refractivity contribution in [2.75, 3.05) is 12.4 Å². The summed E-state index contributed by atoms with van der Waals surface area (Å²) in [5.74, 6) is -1.05. The Balaban J connectivity index is 3.05. The minimum atomic E-state index is -4.13. The minimum Gasteiger partial charge on any atom is -0.453 e. The molecule has 0 aliphatic carbocycles. The molecule has 1 aromatic carbocycles. The van der Waals surface area contributed by atoms with Crippen LogP contribution in [0.2, 0.25) is 0 Å². The first-order chi connectivity index (χ1) is 7.34. The number of carbonyl (C=O) groups excluding carboxylic acids is 1. The molecule has 1 N–H and O–H groups in total. The second kappa shape index (κ2) is 4.67. The van der Waals surface area contributed by atoms with Crippen molar-refractivity contribution in [2.24, 2.45) is 0 Å². The highest BCUT2D eigenvalue weighted by Crippen LogP contribution is 2.22. The molecule has 1 aromatic rings. The number of benzene rings is 1. The van der Waals surface area contributed by atoms with Crippen molar-refractivity contribution in [2.45, 2.75) is 4.90 Å². The Hall–Kier alpha value is -1.34. The third kappa shape index (κ3) is 3.07. The third-order valence-electron chi connectivity index (χ3n) is 1.63.